The van der Waals surface area contributed by atoms with E-state index in [2.05, 4.69) is 9.71 Å². The maximum atomic E-state index is 12.9. The van der Waals surface area contributed by atoms with Crippen LogP contribution >= 0.6 is 0 Å². The molecule has 1 heterocycles. The quantitative estimate of drug-likeness (QED) is 0.608. The molecule has 0 spiro atoms. The molecule has 0 aliphatic rings. The minimum Gasteiger partial charge on any atom is -0.493 e. The molecule has 0 fully saturated rings. The summed E-state index contributed by atoms with van der Waals surface area (Å²) in [5.41, 5.74) is 0.799. The van der Waals surface area contributed by atoms with Gasteiger partial charge in [0.05, 0.1) is 29.4 Å². The first-order valence-corrected chi connectivity index (χ1v) is 10.7. The van der Waals surface area contributed by atoms with Crippen LogP contribution < -0.4 is 9.46 Å². The Balaban J connectivity index is 1.88. The summed E-state index contributed by atoms with van der Waals surface area (Å²) in [6.07, 6.45) is 1.33. The van der Waals surface area contributed by atoms with Gasteiger partial charge in [-0.05, 0) is 38.1 Å². The number of hydrogen-bond donors (Lipinski definition) is 1. The van der Waals surface area contributed by atoms with Gasteiger partial charge in [0.2, 0.25) is 0 Å². The van der Waals surface area contributed by atoms with Gasteiger partial charge in [0.25, 0.3) is 15.9 Å². The molecule has 0 atom stereocenters. The molecule has 29 heavy (non-hydrogen) atoms. The van der Waals surface area contributed by atoms with E-state index in [9.17, 15) is 13.2 Å². The number of nitrogens with one attached hydrogen (secondary N) is 1. The van der Waals surface area contributed by atoms with Gasteiger partial charge >= 0.3 is 0 Å². The van der Waals surface area contributed by atoms with Crippen LogP contribution in [-0.2, 0) is 21.4 Å². The fraction of sp³-hybridized carbons (Fsp3) is 0.238. The van der Waals surface area contributed by atoms with Crippen LogP contribution in [0.25, 0.3) is 10.8 Å². The molecule has 0 saturated heterocycles. The third-order valence-corrected chi connectivity index (χ3v) is 5.59. The minimum atomic E-state index is -4.10. The van der Waals surface area contributed by atoms with Crippen LogP contribution in [0.5, 0.6) is 5.75 Å². The fourth-order valence-corrected chi connectivity index (χ4v) is 4.05. The predicted octanol–water partition coefficient (Wildman–Crippen LogP) is 3.29. The maximum Gasteiger partial charge on any atom is 0.266 e. The average Bonchev–Trinajstić information content (AvgIpc) is 2.72. The van der Waals surface area contributed by atoms with E-state index in [0.717, 1.165) is 0 Å². The van der Waals surface area contributed by atoms with Crippen LogP contribution in [0.1, 0.15) is 29.9 Å². The lowest BCUT2D eigenvalue weighted by atomic mass is 10.1. The SMILES string of the molecule is CCOCc1ccc(C(=O)NS(=O)(=O)c2cccc3c(OCC)cccc23)cn1. The molecule has 1 aromatic heterocycles. The summed E-state index contributed by atoms with van der Waals surface area (Å²) in [5, 5.41) is 1.13. The van der Waals surface area contributed by atoms with E-state index in [-0.39, 0.29) is 10.5 Å². The Bertz CT molecular complexity index is 1110. The second-order valence-corrected chi connectivity index (χ2v) is 7.80. The zero-order valence-electron chi connectivity index (χ0n) is 16.2. The summed E-state index contributed by atoms with van der Waals surface area (Å²) in [7, 11) is -4.10. The van der Waals surface area contributed by atoms with Gasteiger partial charge in [0.15, 0.2) is 0 Å². The number of rotatable bonds is 8. The molecule has 0 unspecified atom stereocenters. The lowest BCUT2D eigenvalue weighted by molar-refractivity contribution is 0.0980. The van der Waals surface area contributed by atoms with Crippen molar-refractivity contribution >= 4 is 26.7 Å². The normalized spacial score (nSPS) is 11.4. The Morgan fingerprint density at radius 2 is 1.76 bits per heavy atom. The molecule has 3 rings (SSSR count). The third kappa shape index (κ3) is 4.72. The number of sulfonamides is 1. The highest BCUT2D eigenvalue weighted by Gasteiger charge is 2.22. The molecule has 152 valence electrons. The smallest absolute Gasteiger partial charge is 0.266 e. The summed E-state index contributed by atoms with van der Waals surface area (Å²) >= 11 is 0. The maximum absolute atomic E-state index is 12.9. The van der Waals surface area contributed by atoms with Gasteiger partial charge in [0, 0.05) is 23.6 Å². The Labute approximate surface area is 169 Å². The molecule has 0 aliphatic heterocycles. The van der Waals surface area contributed by atoms with Gasteiger partial charge in [0.1, 0.15) is 5.75 Å². The van der Waals surface area contributed by atoms with Crippen molar-refractivity contribution in [3.05, 3.63) is 66.0 Å². The third-order valence-electron chi connectivity index (χ3n) is 4.20. The molecule has 1 amide bonds. The van der Waals surface area contributed by atoms with Crippen LogP contribution in [0, 0.1) is 0 Å². The molecule has 2 aromatic carbocycles. The van der Waals surface area contributed by atoms with Crippen LogP contribution in [0.15, 0.2) is 59.6 Å². The number of benzene rings is 2. The van der Waals surface area contributed by atoms with E-state index in [1.807, 2.05) is 13.8 Å². The summed E-state index contributed by atoms with van der Waals surface area (Å²) in [4.78, 5) is 16.6. The largest absolute Gasteiger partial charge is 0.493 e. The topological polar surface area (TPSA) is 94.6 Å². The second kappa shape index (κ2) is 9.02. The summed E-state index contributed by atoms with van der Waals surface area (Å²) < 4.78 is 38.7. The highest BCUT2D eigenvalue weighted by molar-refractivity contribution is 7.90. The van der Waals surface area contributed by atoms with Gasteiger partial charge in [-0.15, -0.1) is 0 Å². The van der Waals surface area contributed by atoms with Crippen molar-refractivity contribution in [3.8, 4) is 5.75 Å². The first-order valence-electron chi connectivity index (χ1n) is 9.20. The van der Waals surface area contributed by atoms with Gasteiger partial charge < -0.3 is 9.47 Å². The molecule has 8 heteroatoms. The average molecular weight is 414 g/mol. The van der Waals surface area contributed by atoms with E-state index < -0.39 is 15.9 Å². The molecule has 3 aromatic rings. The van der Waals surface area contributed by atoms with Gasteiger partial charge in [-0.25, -0.2) is 13.1 Å². The molecule has 0 bridgehead atoms. The predicted molar refractivity (Wildman–Crippen MR) is 109 cm³/mol. The summed E-state index contributed by atoms with van der Waals surface area (Å²) in [6, 6.07) is 13.2. The van der Waals surface area contributed by atoms with Gasteiger partial charge in [-0.1, -0.05) is 24.3 Å². The number of fused-ring (bicyclic) bond motifs is 1. The van der Waals surface area contributed by atoms with E-state index in [1.54, 1.807) is 36.4 Å². The van der Waals surface area contributed by atoms with E-state index in [0.29, 0.717) is 42.0 Å². The van der Waals surface area contributed by atoms with Crippen molar-refractivity contribution in [2.24, 2.45) is 0 Å². The van der Waals surface area contributed by atoms with Crippen molar-refractivity contribution in [1.82, 2.24) is 9.71 Å². The van der Waals surface area contributed by atoms with Crippen molar-refractivity contribution in [3.63, 3.8) is 0 Å². The van der Waals surface area contributed by atoms with Crippen LogP contribution in [0.4, 0.5) is 0 Å². The molecular weight excluding hydrogens is 392 g/mol. The molecule has 0 radical (unpaired) electrons. The van der Waals surface area contributed by atoms with Crippen molar-refractivity contribution < 1.29 is 22.7 Å². The standard InChI is InChI=1S/C21H22N2O5S/c1-3-27-14-16-12-11-15(13-22-16)21(24)23-29(25,26)20-10-6-7-17-18(20)8-5-9-19(17)28-4-2/h5-13H,3-4,14H2,1-2H3,(H,23,24). The lowest BCUT2D eigenvalue weighted by Crippen LogP contribution is -2.30. The van der Waals surface area contributed by atoms with E-state index >= 15 is 0 Å². The first kappa shape index (κ1) is 20.8. The Hall–Kier alpha value is -2.97. The number of aromatic nitrogens is 1. The highest BCUT2D eigenvalue weighted by atomic mass is 32.2. The number of pyridine rings is 1. The molecule has 1 N–H and O–H groups in total. The second-order valence-electron chi connectivity index (χ2n) is 6.15. The number of hydrogen-bond acceptors (Lipinski definition) is 6. The first-order chi connectivity index (χ1) is 14.0. The van der Waals surface area contributed by atoms with Crippen molar-refractivity contribution in [2.75, 3.05) is 13.2 Å². The fourth-order valence-electron chi connectivity index (χ4n) is 2.85. The number of nitrogens with zero attached hydrogens (tertiary/aromatic N) is 1. The summed E-state index contributed by atoms with van der Waals surface area (Å²) in [6.45, 7) is 5.07. The molecular formula is C21H22N2O5S. The number of amides is 1. The number of carbonyl (C=O) groups is 1. The van der Waals surface area contributed by atoms with Crippen LogP contribution in [0.2, 0.25) is 0 Å². The van der Waals surface area contributed by atoms with Crippen LogP contribution in [-0.4, -0.2) is 32.5 Å². The molecule has 7 nitrogen and oxygen atoms in total. The zero-order valence-corrected chi connectivity index (χ0v) is 17.0. The van der Waals surface area contributed by atoms with Gasteiger partial charge in [-0.3, -0.25) is 9.78 Å². The molecule has 0 saturated carbocycles. The molecule has 0 aliphatic carbocycles. The lowest BCUT2D eigenvalue weighted by Gasteiger charge is -2.12. The Morgan fingerprint density at radius 3 is 2.45 bits per heavy atom. The van der Waals surface area contributed by atoms with Crippen molar-refractivity contribution in [2.45, 2.75) is 25.3 Å². The zero-order chi connectivity index (χ0) is 20.9. The Kier molecular flexibility index (Phi) is 6.46. The highest BCUT2D eigenvalue weighted by Crippen LogP contribution is 2.30. The van der Waals surface area contributed by atoms with Crippen LogP contribution in [0.3, 0.4) is 0 Å². The minimum absolute atomic E-state index is 0.00540. The number of ether oxygens (including phenoxy) is 2. The summed E-state index contributed by atoms with van der Waals surface area (Å²) in [5.74, 6) is -0.166. The Morgan fingerprint density at radius 1 is 1.00 bits per heavy atom. The van der Waals surface area contributed by atoms with Crippen molar-refractivity contribution in [1.29, 1.82) is 0 Å². The van der Waals surface area contributed by atoms with E-state index in [4.69, 9.17) is 9.47 Å². The monoisotopic (exact) mass is 414 g/mol. The number of carbonyl (C=O) groups excluding carboxylic acids is 1. The van der Waals surface area contributed by atoms with E-state index in [1.165, 1.54) is 18.3 Å². The van der Waals surface area contributed by atoms with Gasteiger partial charge in [-0.2, -0.15) is 0 Å².